The quantitative estimate of drug-likeness (QED) is 0.377. The SMILES string of the molecule is CCc1c(C(=O)C=O)c2c(OCC(=O)O)cccn2c1Cc1ccccc1. The van der Waals surface area contributed by atoms with E-state index in [1.165, 1.54) is 0 Å². The number of aromatic nitrogens is 1. The number of ketones is 1. The Kier molecular flexibility index (Phi) is 5.35. The molecule has 27 heavy (non-hydrogen) atoms. The van der Waals surface area contributed by atoms with Gasteiger partial charge >= 0.3 is 5.97 Å². The maximum atomic E-state index is 12.4. The van der Waals surface area contributed by atoms with Crippen LogP contribution in [-0.2, 0) is 22.4 Å². The maximum absolute atomic E-state index is 12.4. The molecule has 0 saturated heterocycles. The smallest absolute Gasteiger partial charge is 0.341 e. The van der Waals surface area contributed by atoms with Gasteiger partial charge in [-0.3, -0.25) is 9.59 Å². The summed E-state index contributed by atoms with van der Waals surface area (Å²) in [6.07, 6.45) is 3.20. The van der Waals surface area contributed by atoms with Crippen molar-refractivity contribution in [3.8, 4) is 5.75 Å². The molecule has 0 bridgehead atoms. The van der Waals surface area contributed by atoms with Gasteiger partial charge in [-0.05, 0) is 29.7 Å². The minimum absolute atomic E-state index is 0.263. The largest absolute Gasteiger partial charge is 0.480 e. The van der Waals surface area contributed by atoms with Gasteiger partial charge in [0, 0.05) is 18.3 Å². The Morgan fingerprint density at radius 1 is 1.15 bits per heavy atom. The number of benzene rings is 1. The molecule has 0 radical (unpaired) electrons. The molecule has 0 aliphatic carbocycles. The zero-order valence-corrected chi connectivity index (χ0v) is 14.8. The molecule has 3 rings (SSSR count). The van der Waals surface area contributed by atoms with E-state index >= 15 is 0 Å². The third kappa shape index (κ3) is 3.60. The second kappa shape index (κ2) is 7.86. The standard InChI is InChI=1S/C21H19NO5/c1-2-15-16(11-14-7-4-3-5-8-14)22-10-6-9-18(27-13-19(25)26)21(22)20(15)17(24)12-23/h3-10,12H,2,11,13H2,1H3,(H,25,26). The number of pyridine rings is 1. The Labute approximate surface area is 156 Å². The van der Waals surface area contributed by atoms with Crippen LogP contribution in [0.15, 0.2) is 48.7 Å². The van der Waals surface area contributed by atoms with Gasteiger partial charge in [-0.25, -0.2) is 4.79 Å². The lowest BCUT2D eigenvalue weighted by molar-refractivity contribution is -0.139. The van der Waals surface area contributed by atoms with Crippen LogP contribution in [0.1, 0.15) is 34.1 Å². The monoisotopic (exact) mass is 365 g/mol. The van der Waals surface area contributed by atoms with Crippen molar-refractivity contribution >= 4 is 23.6 Å². The first-order chi connectivity index (χ1) is 13.1. The molecule has 0 spiro atoms. The van der Waals surface area contributed by atoms with Gasteiger partial charge in [0.25, 0.3) is 0 Å². The lowest BCUT2D eigenvalue weighted by Crippen LogP contribution is -2.11. The summed E-state index contributed by atoms with van der Waals surface area (Å²) in [6, 6.07) is 13.1. The molecule has 1 aromatic carbocycles. The molecule has 0 aliphatic heterocycles. The summed E-state index contributed by atoms with van der Waals surface area (Å²) in [7, 11) is 0. The van der Waals surface area contributed by atoms with E-state index in [4.69, 9.17) is 9.84 Å². The van der Waals surface area contributed by atoms with E-state index in [0.717, 1.165) is 16.8 Å². The molecule has 6 nitrogen and oxygen atoms in total. The number of ether oxygens (including phenoxy) is 1. The van der Waals surface area contributed by atoms with Gasteiger partial charge in [0.15, 0.2) is 12.9 Å². The van der Waals surface area contributed by atoms with E-state index in [-0.39, 0.29) is 17.6 Å². The molecule has 2 aromatic heterocycles. The highest BCUT2D eigenvalue weighted by atomic mass is 16.5. The average Bonchev–Trinajstić information content (AvgIpc) is 3.00. The first-order valence-electron chi connectivity index (χ1n) is 8.59. The highest BCUT2D eigenvalue weighted by Crippen LogP contribution is 2.33. The van der Waals surface area contributed by atoms with Crippen LogP contribution in [0.3, 0.4) is 0 Å². The normalized spacial score (nSPS) is 10.7. The highest BCUT2D eigenvalue weighted by Gasteiger charge is 2.24. The third-order valence-corrected chi connectivity index (χ3v) is 4.41. The van der Waals surface area contributed by atoms with Gasteiger partial charge in [0.2, 0.25) is 5.78 Å². The number of carboxylic acids is 1. The fourth-order valence-corrected chi connectivity index (χ4v) is 3.33. The molecule has 2 heterocycles. The molecule has 138 valence electrons. The van der Waals surface area contributed by atoms with Crippen molar-refractivity contribution in [3.63, 3.8) is 0 Å². The molecule has 0 aliphatic rings. The number of nitrogens with zero attached hydrogens (tertiary/aromatic N) is 1. The number of Topliss-reactive ketones (excluding diaryl/α,β-unsaturated/α-hetero) is 1. The first kappa shape index (κ1) is 18.4. The van der Waals surface area contributed by atoms with Crippen LogP contribution in [0, 0.1) is 0 Å². The fraction of sp³-hybridized carbons (Fsp3) is 0.190. The highest BCUT2D eigenvalue weighted by molar-refractivity contribution is 6.36. The second-order valence-electron chi connectivity index (χ2n) is 6.07. The van der Waals surface area contributed by atoms with E-state index in [9.17, 15) is 14.4 Å². The van der Waals surface area contributed by atoms with Crippen molar-refractivity contribution in [2.75, 3.05) is 6.61 Å². The van der Waals surface area contributed by atoms with E-state index < -0.39 is 18.4 Å². The van der Waals surface area contributed by atoms with E-state index in [2.05, 4.69) is 0 Å². The van der Waals surface area contributed by atoms with Crippen LogP contribution in [0.4, 0.5) is 0 Å². The Bertz CT molecular complexity index is 1000. The summed E-state index contributed by atoms with van der Waals surface area (Å²) < 4.78 is 7.21. The number of hydrogen-bond donors (Lipinski definition) is 1. The van der Waals surface area contributed by atoms with Crippen LogP contribution in [0.2, 0.25) is 0 Å². The lowest BCUT2D eigenvalue weighted by Gasteiger charge is -2.09. The zero-order valence-electron chi connectivity index (χ0n) is 14.8. The van der Waals surface area contributed by atoms with Crippen molar-refractivity contribution in [3.05, 3.63) is 71.0 Å². The molecular formula is C21H19NO5. The Morgan fingerprint density at radius 3 is 2.52 bits per heavy atom. The Balaban J connectivity index is 2.25. The maximum Gasteiger partial charge on any atom is 0.341 e. The van der Waals surface area contributed by atoms with Gasteiger partial charge < -0.3 is 14.2 Å². The van der Waals surface area contributed by atoms with Crippen molar-refractivity contribution < 1.29 is 24.2 Å². The molecule has 1 N–H and O–H groups in total. The van der Waals surface area contributed by atoms with Crippen LogP contribution in [0.25, 0.3) is 5.52 Å². The van der Waals surface area contributed by atoms with Crippen molar-refractivity contribution in [1.29, 1.82) is 0 Å². The van der Waals surface area contributed by atoms with Gasteiger partial charge in [-0.1, -0.05) is 37.3 Å². The molecular weight excluding hydrogens is 346 g/mol. The summed E-state index contributed by atoms with van der Waals surface area (Å²) in [5.74, 6) is -1.50. The van der Waals surface area contributed by atoms with Crippen LogP contribution in [-0.4, -0.2) is 34.2 Å². The number of carbonyl (C=O) groups is 3. The molecule has 0 saturated carbocycles. The Morgan fingerprint density at radius 2 is 1.89 bits per heavy atom. The minimum atomic E-state index is -1.12. The van der Waals surface area contributed by atoms with E-state index in [1.807, 2.05) is 41.7 Å². The number of aliphatic carboxylic acids is 1. The predicted molar refractivity (Wildman–Crippen MR) is 99.5 cm³/mol. The molecule has 0 atom stereocenters. The number of carbonyl (C=O) groups excluding carboxylic acids is 2. The van der Waals surface area contributed by atoms with Gasteiger partial charge in [0.1, 0.15) is 5.75 Å². The Hall–Kier alpha value is -3.41. The first-order valence-corrected chi connectivity index (χ1v) is 8.59. The summed E-state index contributed by atoms with van der Waals surface area (Å²) in [4.78, 5) is 34.6. The molecule has 0 unspecified atom stereocenters. The van der Waals surface area contributed by atoms with Crippen LogP contribution < -0.4 is 4.74 Å². The molecule has 3 aromatic rings. The molecule has 0 amide bonds. The number of aldehydes is 1. The number of rotatable bonds is 8. The second-order valence-corrected chi connectivity index (χ2v) is 6.07. The summed E-state index contributed by atoms with van der Waals surface area (Å²) >= 11 is 0. The van der Waals surface area contributed by atoms with E-state index in [1.54, 1.807) is 18.3 Å². The molecule has 6 heteroatoms. The number of hydrogen-bond acceptors (Lipinski definition) is 4. The molecule has 0 fully saturated rings. The number of carboxylic acid groups (broad SMARTS) is 1. The van der Waals surface area contributed by atoms with Gasteiger partial charge in [-0.2, -0.15) is 0 Å². The van der Waals surface area contributed by atoms with Gasteiger partial charge in [-0.15, -0.1) is 0 Å². The summed E-state index contributed by atoms with van der Waals surface area (Å²) in [6.45, 7) is 1.39. The van der Waals surface area contributed by atoms with E-state index in [0.29, 0.717) is 18.4 Å². The predicted octanol–water partition coefficient (Wildman–Crippen LogP) is 2.94. The zero-order chi connectivity index (χ0) is 19.4. The number of fused-ring (bicyclic) bond motifs is 1. The van der Waals surface area contributed by atoms with Crippen molar-refractivity contribution in [2.45, 2.75) is 19.8 Å². The van der Waals surface area contributed by atoms with Crippen LogP contribution >= 0.6 is 0 Å². The van der Waals surface area contributed by atoms with Crippen molar-refractivity contribution in [2.24, 2.45) is 0 Å². The summed E-state index contributed by atoms with van der Waals surface area (Å²) in [5, 5.41) is 8.92. The summed E-state index contributed by atoms with van der Waals surface area (Å²) in [5.41, 5.74) is 3.42. The lowest BCUT2D eigenvalue weighted by atomic mass is 10.00. The minimum Gasteiger partial charge on any atom is -0.480 e. The fourth-order valence-electron chi connectivity index (χ4n) is 3.33. The van der Waals surface area contributed by atoms with Crippen molar-refractivity contribution in [1.82, 2.24) is 4.40 Å². The average molecular weight is 365 g/mol. The van der Waals surface area contributed by atoms with Crippen LogP contribution in [0.5, 0.6) is 5.75 Å². The third-order valence-electron chi connectivity index (χ3n) is 4.41. The van der Waals surface area contributed by atoms with Gasteiger partial charge in [0.05, 0.1) is 11.1 Å². The topological polar surface area (TPSA) is 85.1 Å².